The molecule has 2 heterocycles. The third-order valence-electron chi connectivity index (χ3n) is 5.28. The number of hydrogen-bond acceptors (Lipinski definition) is 4. The van der Waals surface area contributed by atoms with E-state index in [2.05, 4.69) is 5.10 Å². The van der Waals surface area contributed by atoms with Crippen LogP contribution < -0.4 is 4.90 Å². The van der Waals surface area contributed by atoms with E-state index in [0.717, 1.165) is 23.4 Å². The second kappa shape index (κ2) is 7.54. The molecule has 29 heavy (non-hydrogen) atoms. The van der Waals surface area contributed by atoms with Crippen molar-refractivity contribution in [1.82, 2.24) is 9.78 Å². The number of ether oxygens (including phenoxy) is 1. The van der Waals surface area contributed by atoms with Crippen molar-refractivity contribution in [3.63, 3.8) is 0 Å². The highest BCUT2D eigenvalue weighted by atomic mass is 16.5. The van der Waals surface area contributed by atoms with Crippen molar-refractivity contribution in [1.29, 1.82) is 0 Å². The van der Waals surface area contributed by atoms with E-state index < -0.39 is 12.1 Å². The molecule has 0 spiro atoms. The molecule has 0 unspecified atom stereocenters. The van der Waals surface area contributed by atoms with Gasteiger partial charge in [-0.3, -0.25) is 4.79 Å². The first kappa shape index (κ1) is 18.9. The third kappa shape index (κ3) is 3.42. The summed E-state index contributed by atoms with van der Waals surface area (Å²) in [6, 6.07) is 17.4. The number of nitrogens with zero attached hydrogens (tertiary/aromatic N) is 3. The molecule has 0 N–H and O–H groups in total. The molecule has 1 atom stereocenters. The minimum absolute atomic E-state index is 0.214. The molecule has 1 aliphatic heterocycles. The molecule has 1 amide bonds. The Morgan fingerprint density at radius 1 is 1.03 bits per heavy atom. The summed E-state index contributed by atoms with van der Waals surface area (Å²) >= 11 is 0. The number of hydrogen-bond donors (Lipinski definition) is 0. The number of fused-ring (bicyclic) bond motifs is 1. The lowest BCUT2D eigenvalue weighted by molar-refractivity contribution is -0.126. The van der Waals surface area contributed by atoms with Gasteiger partial charge in [0.05, 0.1) is 17.1 Å². The summed E-state index contributed by atoms with van der Waals surface area (Å²) in [5, 5.41) is 4.48. The summed E-state index contributed by atoms with van der Waals surface area (Å²) in [5.74, 6) is -0.746. The minimum Gasteiger partial charge on any atom is -0.449 e. The first-order chi connectivity index (χ1) is 14.0. The molecule has 6 heteroatoms. The topological polar surface area (TPSA) is 64.4 Å². The summed E-state index contributed by atoms with van der Waals surface area (Å²) in [6.07, 6.45) is -0.0718. The van der Waals surface area contributed by atoms with Crippen LogP contribution in [0.2, 0.25) is 0 Å². The molecule has 0 bridgehead atoms. The number of rotatable bonds is 4. The molecule has 0 saturated heterocycles. The highest BCUT2D eigenvalue weighted by Crippen LogP contribution is 2.28. The molecule has 4 rings (SSSR count). The van der Waals surface area contributed by atoms with Crippen LogP contribution in [0.3, 0.4) is 0 Å². The Morgan fingerprint density at radius 2 is 1.72 bits per heavy atom. The molecule has 1 aromatic heterocycles. The summed E-state index contributed by atoms with van der Waals surface area (Å²) in [5.41, 5.74) is 4.55. The van der Waals surface area contributed by atoms with Gasteiger partial charge in [0.15, 0.2) is 6.10 Å². The Kier molecular flexibility index (Phi) is 4.92. The molecule has 148 valence electrons. The number of carbonyl (C=O) groups is 2. The van der Waals surface area contributed by atoms with Crippen molar-refractivity contribution in [2.24, 2.45) is 0 Å². The summed E-state index contributed by atoms with van der Waals surface area (Å²) in [4.78, 5) is 27.5. The van der Waals surface area contributed by atoms with Gasteiger partial charge in [-0.25, -0.2) is 9.48 Å². The quantitative estimate of drug-likeness (QED) is 0.639. The minimum atomic E-state index is -0.882. The van der Waals surface area contributed by atoms with Crippen LogP contribution in [0.1, 0.15) is 34.2 Å². The van der Waals surface area contributed by atoms with Gasteiger partial charge in [0.2, 0.25) is 0 Å². The van der Waals surface area contributed by atoms with Gasteiger partial charge in [-0.1, -0.05) is 36.4 Å². The predicted octanol–water partition coefficient (Wildman–Crippen LogP) is 3.62. The molecular formula is C23H23N3O3. The number of anilines is 1. The summed E-state index contributed by atoms with van der Waals surface area (Å²) in [7, 11) is 0. The molecule has 3 aromatic rings. The van der Waals surface area contributed by atoms with Gasteiger partial charge in [0.25, 0.3) is 5.91 Å². The van der Waals surface area contributed by atoms with Crippen LogP contribution in [-0.2, 0) is 16.0 Å². The summed E-state index contributed by atoms with van der Waals surface area (Å²) in [6.45, 7) is 5.82. The molecule has 0 saturated carbocycles. The maximum absolute atomic E-state index is 12.9. The number of para-hydroxylation sites is 2. The zero-order valence-electron chi connectivity index (χ0n) is 16.8. The Balaban J connectivity index is 1.53. The largest absolute Gasteiger partial charge is 0.449 e. The SMILES string of the molecule is Cc1nn(-c2ccccc2)c(C)c1C(=O)O[C@@H](C)C(=O)N1CCc2ccccc21. The second-order valence-electron chi connectivity index (χ2n) is 7.21. The van der Waals surface area contributed by atoms with Crippen LogP contribution in [0, 0.1) is 13.8 Å². The standard InChI is InChI=1S/C23H23N3O3/c1-15-21(16(2)26(24-15)19-10-5-4-6-11-19)23(28)29-17(3)22(27)25-14-13-18-9-7-8-12-20(18)25/h4-12,17H,13-14H2,1-3H3/t17-/m0/s1. The van der Waals surface area contributed by atoms with E-state index in [-0.39, 0.29) is 5.91 Å². The van der Waals surface area contributed by atoms with Gasteiger partial charge >= 0.3 is 5.97 Å². The second-order valence-corrected chi connectivity index (χ2v) is 7.21. The van der Waals surface area contributed by atoms with E-state index in [1.165, 1.54) is 0 Å². The number of carbonyl (C=O) groups excluding carboxylic acids is 2. The lowest BCUT2D eigenvalue weighted by Crippen LogP contribution is -2.39. The average Bonchev–Trinajstić information content (AvgIpc) is 3.28. The molecule has 6 nitrogen and oxygen atoms in total. The zero-order valence-corrected chi connectivity index (χ0v) is 16.8. The van der Waals surface area contributed by atoms with Crippen molar-refractivity contribution in [3.05, 3.63) is 77.1 Å². The van der Waals surface area contributed by atoms with E-state index in [1.54, 1.807) is 23.4 Å². The molecule has 1 aliphatic rings. The van der Waals surface area contributed by atoms with Crippen molar-refractivity contribution in [3.8, 4) is 5.69 Å². The fraction of sp³-hybridized carbons (Fsp3) is 0.261. The van der Waals surface area contributed by atoms with Gasteiger partial charge in [-0.2, -0.15) is 5.10 Å². The van der Waals surface area contributed by atoms with Crippen LogP contribution in [0.15, 0.2) is 54.6 Å². The fourth-order valence-corrected chi connectivity index (χ4v) is 3.82. The Bertz CT molecular complexity index is 1070. The van der Waals surface area contributed by atoms with Gasteiger partial charge in [0, 0.05) is 12.2 Å². The van der Waals surface area contributed by atoms with Crippen LogP contribution in [0.4, 0.5) is 5.69 Å². The molecular weight excluding hydrogens is 366 g/mol. The first-order valence-electron chi connectivity index (χ1n) is 9.69. The fourth-order valence-electron chi connectivity index (χ4n) is 3.82. The van der Waals surface area contributed by atoms with Gasteiger partial charge in [0.1, 0.15) is 5.56 Å². The lowest BCUT2D eigenvalue weighted by Gasteiger charge is -2.21. The highest BCUT2D eigenvalue weighted by Gasteiger charge is 2.31. The monoisotopic (exact) mass is 389 g/mol. The number of esters is 1. The van der Waals surface area contributed by atoms with E-state index in [0.29, 0.717) is 23.5 Å². The number of aryl methyl sites for hydroxylation is 1. The van der Waals surface area contributed by atoms with Gasteiger partial charge in [-0.05, 0) is 51.0 Å². The molecule has 2 aromatic carbocycles. The van der Waals surface area contributed by atoms with Crippen molar-refractivity contribution < 1.29 is 14.3 Å². The summed E-state index contributed by atoms with van der Waals surface area (Å²) < 4.78 is 7.27. The van der Waals surface area contributed by atoms with Crippen molar-refractivity contribution >= 4 is 17.6 Å². The number of benzene rings is 2. The van der Waals surface area contributed by atoms with Crippen molar-refractivity contribution in [2.75, 3.05) is 11.4 Å². The smallest absolute Gasteiger partial charge is 0.342 e. The van der Waals surface area contributed by atoms with E-state index in [4.69, 9.17) is 4.74 Å². The maximum atomic E-state index is 12.9. The Morgan fingerprint density at radius 3 is 2.48 bits per heavy atom. The molecule has 0 radical (unpaired) electrons. The van der Waals surface area contributed by atoms with E-state index in [1.807, 2.05) is 61.5 Å². The van der Waals surface area contributed by atoms with Gasteiger partial charge in [-0.15, -0.1) is 0 Å². The normalized spacial score (nSPS) is 13.8. The zero-order chi connectivity index (χ0) is 20.5. The first-order valence-corrected chi connectivity index (χ1v) is 9.69. The van der Waals surface area contributed by atoms with E-state index in [9.17, 15) is 9.59 Å². The molecule has 0 fully saturated rings. The lowest BCUT2D eigenvalue weighted by atomic mass is 10.2. The maximum Gasteiger partial charge on any atom is 0.342 e. The third-order valence-corrected chi connectivity index (χ3v) is 5.28. The predicted molar refractivity (Wildman–Crippen MR) is 110 cm³/mol. The van der Waals surface area contributed by atoms with Gasteiger partial charge < -0.3 is 9.64 Å². The van der Waals surface area contributed by atoms with Crippen molar-refractivity contribution in [2.45, 2.75) is 33.3 Å². The van der Waals surface area contributed by atoms with Crippen LogP contribution in [-0.4, -0.2) is 34.3 Å². The highest BCUT2D eigenvalue weighted by molar-refractivity contribution is 6.00. The van der Waals surface area contributed by atoms with Crippen LogP contribution in [0.5, 0.6) is 0 Å². The van der Waals surface area contributed by atoms with E-state index >= 15 is 0 Å². The van der Waals surface area contributed by atoms with Crippen LogP contribution in [0.25, 0.3) is 5.69 Å². The Hall–Kier alpha value is -3.41. The molecule has 0 aliphatic carbocycles. The number of aromatic nitrogens is 2. The Labute approximate surface area is 169 Å². The average molecular weight is 389 g/mol. The van der Waals surface area contributed by atoms with Crippen LogP contribution >= 0.6 is 0 Å². The number of amides is 1.